The molecule has 1 N–H and O–H groups in total. The first kappa shape index (κ1) is 31.7. The van der Waals surface area contributed by atoms with Crippen molar-refractivity contribution in [1.29, 1.82) is 0 Å². The lowest BCUT2D eigenvalue weighted by atomic mass is 10.1. The van der Waals surface area contributed by atoms with Gasteiger partial charge in [-0.3, -0.25) is 13.9 Å². The molecule has 0 aromatic heterocycles. The van der Waals surface area contributed by atoms with E-state index in [2.05, 4.69) is 5.32 Å². The lowest BCUT2D eigenvalue weighted by Crippen LogP contribution is -2.53. The third kappa shape index (κ3) is 7.88. The SMILES string of the molecule is CCOc1ccccc1N(CC(=O)N(Cc1ccccc1C)[C@H](CC)C(=O)N[C@@H](C)CC)S(=O)(=O)c1ccccc1. The average molecular weight is 580 g/mol. The fraction of sp³-hybridized carbons (Fsp3) is 0.375. The molecule has 0 aliphatic heterocycles. The molecule has 3 rings (SSSR count). The quantitative estimate of drug-likeness (QED) is 0.279. The number of nitrogens with zero attached hydrogens (tertiary/aromatic N) is 2. The van der Waals surface area contributed by atoms with Crippen molar-refractivity contribution in [3.63, 3.8) is 0 Å². The molecule has 0 aliphatic carbocycles. The molecule has 9 heteroatoms. The van der Waals surface area contributed by atoms with E-state index >= 15 is 0 Å². The number of carbonyl (C=O) groups is 2. The van der Waals surface area contributed by atoms with Crippen LogP contribution in [0.15, 0.2) is 83.8 Å². The van der Waals surface area contributed by atoms with Gasteiger partial charge in [-0.05, 0) is 69.0 Å². The maximum absolute atomic E-state index is 14.2. The van der Waals surface area contributed by atoms with E-state index in [1.54, 1.807) is 42.5 Å². The Balaban J connectivity index is 2.11. The largest absolute Gasteiger partial charge is 0.492 e. The van der Waals surface area contributed by atoms with Gasteiger partial charge in [0.15, 0.2) is 0 Å². The van der Waals surface area contributed by atoms with Crippen molar-refractivity contribution in [1.82, 2.24) is 10.2 Å². The van der Waals surface area contributed by atoms with Crippen LogP contribution in [0.2, 0.25) is 0 Å². The van der Waals surface area contributed by atoms with Crippen LogP contribution in [0.1, 0.15) is 51.7 Å². The minimum Gasteiger partial charge on any atom is -0.492 e. The highest BCUT2D eigenvalue weighted by Crippen LogP contribution is 2.33. The maximum Gasteiger partial charge on any atom is 0.264 e. The van der Waals surface area contributed by atoms with Crippen molar-refractivity contribution >= 4 is 27.5 Å². The van der Waals surface area contributed by atoms with Crippen LogP contribution >= 0.6 is 0 Å². The normalized spacial score (nSPS) is 12.7. The number of anilines is 1. The van der Waals surface area contributed by atoms with Gasteiger partial charge in [0.1, 0.15) is 18.3 Å². The Hall–Kier alpha value is -3.85. The zero-order valence-corrected chi connectivity index (χ0v) is 25.4. The van der Waals surface area contributed by atoms with Crippen LogP contribution in [-0.2, 0) is 26.2 Å². The molecule has 0 aliphatic rings. The number of para-hydroxylation sites is 2. The number of amides is 2. The first-order chi connectivity index (χ1) is 19.6. The zero-order chi connectivity index (χ0) is 30.0. The second kappa shape index (κ2) is 14.7. The summed E-state index contributed by atoms with van der Waals surface area (Å²) in [5.74, 6) is -0.421. The predicted molar refractivity (Wildman–Crippen MR) is 162 cm³/mol. The smallest absolute Gasteiger partial charge is 0.264 e. The Morgan fingerprint density at radius 3 is 2.15 bits per heavy atom. The van der Waals surface area contributed by atoms with Crippen molar-refractivity contribution < 1.29 is 22.7 Å². The highest BCUT2D eigenvalue weighted by atomic mass is 32.2. The molecule has 0 unspecified atom stereocenters. The predicted octanol–water partition coefficient (Wildman–Crippen LogP) is 5.31. The van der Waals surface area contributed by atoms with E-state index in [1.165, 1.54) is 17.0 Å². The highest BCUT2D eigenvalue weighted by Gasteiger charge is 2.35. The van der Waals surface area contributed by atoms with Gasteiger partial charge in [0.25, 0.3) is 10.0 Å². The average Bonchev–Trinajstić information content (AvgIpc) is 2.97. The van der Waals surface area contributed by atoms with Crippen LogP contribution in [0.4, 0.5) is 5.69 Å². The molecular formula is C32H41N3O5S. The van der Waals surface area contributed by atoms with Gasteiger partial charge in [-0.1, -0.05) is 68.4 Å². The molecule has 0 spiro atoms. The van der Waals surface area contributed by atoms with Gasteiger partial charge in [-0.15, -0.1) is 0 Å². The maximum atomic E-state index is 14.2. The van der Waals surface area contributed by atoms with E-state index in [-0.39, 0.29) is 29.1 Å². The van der Waals surface area contributed by atoms with E-state index in [0.29, 0.717) is 18.8 Å². The molecule has 8 nitrogen and oxygen atoms in total. The van der Waals surface area contributed by atoms with Gasteiger partial charge < -0.3 is 15.0 Å². The third-order valence-electron chi connectivity index (χ3n) is 7.03. The molecule has 0 heterocycles. The highest BCUT2D eigenvalue weighted by molar-refractivity contribution is 7.92. The van der Waals surface area contributed by atoms with Crippen LogP contribution in [0.25, 0.3) is 0 Å². The van der Waals surface area contributed by atoms with Crippen LogP contribution in [0.3, 0.4) is 0 Å². The Morgan fingerprint density at radius 2 is 1.51 bits per heavy atom. The molecule has 0 saturated carbocycles. The van der Waals surface area contributed by atoms with Crippen molar-refractivity contribution in [3.8, 4) is 5.75 Å². The molecule has 3 aromatic rings. The minimum atomic E-state index is -4.17. The first-order valence-corrected chi connectivity index (χ1v) is 15.5. The lowest BCUT2D eigenvalue weighted by Gasteiger charge is -2.34. The van der Waals surface area contributed by atoms with Crippen LogP contribution < -0.4 is 14.4 Å². The van der Waals surface area contributed by atoms with Gasteiger partial charge in [-0.2, -0.15) is 0 Å². The van der Waals surface area contributed by atoms with E-state index in [4.69, 9.17) is 4.74 Å². The zero-order valence-electron chi connectivity index (χ0n) is 24.5. The number of nitrogens with one attached hydrogen (secondary N) is 1. The number of aryl methyl sites for hydroxylation is 1. The summed E-state index contributed by atoms with van der Waals surface area (Å²) < 4.78 is 34.9. The van der Waals surface area contributed by atoms with Crippen molar-refractivity contribution in [2.75, 3.05) is 17.5 Å². The van der Waals surface area contributed by atoms with E-state index in [1.807, 2.05) is 58.9 Å². The van der Waals surface area contributed by atoms with Gasteiger partial charge in [0.2, 0.25) is 11.8 Å². The summed E-state index contributed by atoms with van der Waals surface area (Å²) in [7, 11) is -4.17. The molecule has 0 radical (unpaired) electrons. The Kier molecular flexibility index (Phi) is 11.3. The van der Waals surface area contributed by atoms with Gasteiger partial charge in [0, 0.05) is 12.6 Å². The van der Waals surface area contributed by atoms with Crippen LogP contribution in [0.5, 0.6) is 5.75 Å². The van der Waals surface area contributed by atoms with E-state index in [0.717, 1.165) is 21.9 Å². The second-order valence-electron chi connectivity index (χ2n) is 9.92. The number of hydrogen-bond donors (Lipinski definition) is 1. The number of sulfonamides is 1. The molecule has 0 fully saturated rings. The summed E-state index contributed by atoms with van der Waals surface area (Å²) in [6.45, 7) is 9.46. The summed E-state index contributed by atoms with van der Waals surface area (Å²) >= 11 is 0. The molecular weight excluding hydrogens is 538 g/mol. The molecule has 0 bridgehead atoms. The van der Waals surface area contributed by atoms with E-state index < -0.39 is 28.5 Å². The van der Waals surface area contributed by atoms with E-state index in [9.17, 15) is 18.0 Å². The molecule has 3 aromatic carbocycles. The standard InChI is InChI=1S/C32H41N3O5S/c1-6-25(5)33-32(37)28(7-2)34(22-26-17-13-12-16-24(26)4)31(36)23-35(29-20-14-15-21-30(29)40-8-3)41(38,39)27-18-10-9-11-19-27/h9-21,25,28H,6-8,22-23H2,1-5H3,(H,33,37)/t25-,28+/m0/s1. The monoisotopic (exact) mass is 579 g/mol. The number of rotatable bonds is 14. The Morgan fingerprint density at radius 1 is 0.878 bits per heavy atom. The third-order valence-corrected chi connectivity index (χ3v) is 8.81. The molecule has 41 heavy (non-hydrogen) atoms. The van der Waals surface area contributed by atoms with Crippen LogP contribution in [-0.4, -0.2) is 50.4 Å². The van der Waals surface area contributed by atoms with Gasteiger partial charge >= 0.3 is 0 Å². The summed E-state index contributed by atoms with van der Waals surface area (Å²) in [4.78, 5) is 29.2. The van der Waals surface area contributed by atoms with Crippen LogP contribution in [0, 0.1) is 6.92 Å². The molecule has 0 saturated heterocycles. The lowest BCUT2D eigenvalue weighted by molar-refractivity contribution is -0.140. The minimum absolute atomic E-state index is 0.0473. The van der Waals surface area contributed by atoms with Gasteiger partial charge in [-0.25, -0.2) is 8.42 Å². The topological polar surface area (TPSA) is 96.0 Å². The number of ether oxygens (including phenoxy) is 1. The van der Waals surface area contributed by atoms with Crippen molar-refractivity contribution in [3.05, 3.63) is 90.0 Å². The first-order valence-electron chi connectivity index (χ1n) is 14.1. The summed E-state index contributed by atoms with van der Waals surface area (Å²) in [6.07, 6.45) is 1.10. The molecule has 2 atom stereocenters. The number of benzene rings is 3. The number of hydrogen-bond acceptors (Lipinski definition) is 5. The number of carbonyl (C=O) groups excluding carboxylic acids is 2. The summed E-state index contributed by atoms with van der Waals surface area (Å²) in [5.41, 5.74) is 2.10. The fourth-order valence-corrected chi connectivity index (χ4v) is 5.95. The second-order valence-corrected chi connectivity index (χ2v) is 11.8. The Labute approximate surface area is 244 Å². The Bertz CT molecular complexity index is 1410. The van der Waals surface area contributed by atoms with Crippen molar-refractivity contribution in [2.45, 2.75) is 71.0 Å². The van der Waals surface area contributed by atoms with Gasteiger partial charge in [0.05, 0.1) is 17.2 Å². The summed E-state index contributed by atoms with van der Waals surface area (Å²) in [5, 5.41) is 3.00. The summed E-state index contributed by atoms with van der Waals surface area (Å²) in [6, 6.07) is 21.5. The molecule has 2 amide bonds. The van der Waals surface area contributed by atoms with Crippen molar-refractivity contribution in [2.24, 2.45) is 0 Å². The fourth-order valence-electron chi connectivity index (χ4n) is 4.51. The molecule has 220 valence electrons.